The molecule has 176 valence electrons. The van der Waals surface area contributed by atoms with Gasteiger partial charge in [-0.2, -0.15) is 5.26 Å². The van der Waals surface area contributed by atoms with Gasteiger partial charge in [0, 0.05) is 23.5 Å². The average Bonchev–Trinajstić information content (AvgIpc) is 2.83. The van der Waals surface area contributed by atoms with Crippen molar-refractivity contribution >= 4 is 40.9 Å². The van der Waals surface area contributed by atoms with Gasteiger partial charge in [-0.1, -0.05) is 53.7 Å². The number of dihydropyridines is 1. The molecule has 0 fully saturated rings. The van der Waals surface area contributed by atoms with Crippen molar-refractivity contribution in [1.29, 1.82) is 5.26 Å². The Morgan fingerprint density at radius 1 is 1.15 bits per heavy atom. The summed E-state index contributed by atoms with van der Waals surface area (Å²) in [6.07, 6.45) is 0. The number of anilines is 1. The number of hydrogen-bond acceptors (Lipinski definition) is 7. The SMILES string of the molecule is COCCOC(=O)C1=C(C)NC(SCC(=O)Nc2ccccc2)=C(C#N)[C@H]1c1ccc(Cl)cc1. The summed E-state index contributed by atoms with van der Waals surface area (Å²) in [6, 6.07) is 18.3. The van der Waals surface area contributed by atoms with Gasteiger partial charge in [-0.15, -0.1) is 0 Å². The topological polar surface area (TPSA) is 100 Å². The van der Waals surface area contributed by atoms with E-state index in [0.717, 1.165) is 0 Å². The van der Waals surface area contributed by atoms with E-state index >= 15 is 0 Å². The van der Waals surface area contributed by atoms with Gasteiger partial charge in [0.05, 0.1) is 40.5 Å². The van der Waals surface area contributed by atoms with Gasteiger partial charge >= 0.3 is 5.97 Å². The zero-order valence-corrected chi connectivity index (χ0v) is 20.3. The summed E-state index contributed by atoms with van der Waals surface area (Å²) in [5.41, 5.74) is 2.60. The molecule has 9 heteroatoms. The van der Waals surface area contributed by atoms with Crippen molar-refractivity contribution in [2.45, 2.75) is 12.8 Å². The Hall–Kier alpha value is -3.25. The molecular weight excluding hydrogens is 474 g/mol. The van der Waals surface area contributed by atoms with Crippen LogP contribution in [-0.4, -0.2) is 38.0 Å². The van der Waals surface area contributed by atoms with Gasteiger partial charge in [-0.25, -0.2) is 4.79 Å². The monoisotopic (exact) mass is 497 g/mol. The Balaban J connectivity index is 1.88. The fourth-order valence-corrected chi connectivity index (χ4v) is 4.46. The highest BCUT2D eigenvalue weighted by Gasteiger charge is 2.35. The van der Waals surface area contributed by atoms with Crippen LogP contribution in [0.3, 0.4) is 0 Å². The standard InChI is InChI=1S/C25H24ClN3O4S/c1-16-22(25(31)33-13-12-32-2)23(17-8-10-18(26)11-9-17)20(14-27)24(28-16)34-15-21(30)29-19-6-4-3-5-7-19/h3-11,23,28H,12-13,15H2,1-2H3,(H,29,30)/t23-/m1/s1. The molecule has 1 heterocycles. The number of hydrogen-bond donors (Lipinski definition) is 2. The predicted octanol–water partition coefficient (Wildman–Crippen LogP) is 4.60. The van der Waals surface area contributed by atoms with E-state index in [1.165, 1.54) is 18.9 Å². The molecule has 34 heavy (non-hydrogen) atoms. The van der Waals surface area contributed by atoms with Crippen molar-refractivity contribution < 1.29 is 19.1 Å². The first-order chi connectivity index (χ1) is 16.4. The summed E-state index contributed by atoms with van der Waals surface area (Å²) in [5.74, 6) is -1.34. The highest BCUT2D eigenvalue weighted by molar-refractivity contribution is 8.03. The second-order valence-electron chi connectivity index (χ2n) is 7.33. The van der Waals surface area contributed by atoms with Crippen LogP contribution in [0.4, 0.5) is 5.69 Å². The molecule has 2 aromatic rings. The summed E-state index contributed by atoms with van der Waals surface area (Å²) in [6.45, 7) is 2.09. The van der Waals surface area contributed by atoms with Crippen molar-refractivity contribution in [2.24, 2.45) is 0 Å². The van der Waals surface area contributed by atoms with Gasteiger partial charge < -0.3 is 20.1 Å². The minimum absolute atomic E-state index is 0.0800. The van der Waals surface area contributed by atoms with E-state index in [1.54, 1.807) is 43.3 Å². The van der Waals surface area contributed by atoms with E-state index in [4.69, 9.17) is 21.1 Å². The van der Waals surface area contributed by atoms with Crippen LogP contribution >= 0.6 is 23.4 Å². The minimum atomic E-state index is -0.668. The first-order valence-electron chi connectivity index (χ1n) is 10.5. The average molecular weight is 498 g/mol. The van der Waals surface area contributed by atoms with E-state index in [0.29, 0.717) is 38.1 Å². The van der Waals surface area contributed by atoms with Gasteiger partial charge in [0.15, 0.2) is 0 Å². The summed E-state index contributed by atoms with van der Waals surface area (Å²) >= 11 is 7.26. The fraction of sp³-hybridized carbons (Fsp3) is 0.240. The van der Waals surface area contributed by atoms with Crippen LogP contribution in [-0.2, 0) is 19.1 Å². The maximum absolute atomic E-state index is 13.0. The van der Waals surface area contributed by atoms with Crippen molar-refractivity contribution in [3.05, 3.63) is 87.1 Å². The van der Waals surface area contributed by atoms with Crippen molar-refractivity contribution in [3.8, 4) is 6.07 Å². The molecule has 2 aromatic carbocycles. The van der Waals surface area contributed by atoms with Crippen LogP contribution in [0.25, 0.3) is 0 Å². The Bertz CT molecular complexity index is 1140. The quantitative estimate of drug-likeness (QED) is 0.385. The van der Waals surface area contributed by atoms with E-state index in [9.17, 15) is 14.9 Å². The number of amides is 1. The summed E-state index contributed by atoms with van der Waals surface area (Å²) in [5, 5.41) is 17.1. The fourth-order valence-electron chi connectivity index (χ4n) is 3.44. The number of carbonyl (C=O) groups is 2. The molecule has 0 radical (unpaired) electrons. The number of esters is 1. The number of nitrogens with zero attached hydrogens (tertiary/aromatic N) is 1. The third kappa shape index (κ3) is 6.41. The molecule has 0 aliphatic carbocycles. The first kappa shape index (κ1) is 25.4. The number of ether oxygens (including phenoxy) is 2. The van der Waals surface area contributed by atoms with Crippen LogP contribution in [0, 0.1) is 11.3 Å². The second kappa shape index (κ2) is 12.3. The number of benzene rings is 2. The summed E-state index contributed by atoms with van der Waals surface area (Å²) in [7, 11) is 1.52. The van der Waals surface area contributed by atoms with E-state index < -0.39 is 11.9 Å². The van der Waals surface area contributed by atoms with Gasteiger partial charge in [0.2, 0.25) is 5.91 Å². The third-order valence-corrected chi connectivity index (χ3v) is 6.27. The van der Waals surface area contributed by atoms with Crippen LogP contribution in [0.15, 0.2) is 76.5 Å². The van der Waals surface area contributed by atoms with E-state index in [2.05, 4.69) is 16.7 Å². The van der Waals surface area contributed by atoms with Gasteiger partial charge in [-0.3, -0.25) is 4.79 Å². The largest absolute Gasteiger partial charge is 0.460 e. The van der Waals surface area contributed by atoms with Gasteiger partial charge in [0.1, 0.15) is 6.61 Å². The minimum Gasteiger partial charge on any atom is -0.460 e. The highest BCUT2D eigenvalue weighted by Crippen LogP contribution is 2.41. The Morgan fingerprint density at radius 3 is 2.50 bits per heavy atom. The molecule has 0 aromatic heterocycles. The molecule has 1 aliphatic heterocycles. The van der Waals surface area contributed by atoms with Gasteiger partial charge in [0.25, 0.3) is 0 Å². The predicted molar refractivity (Wildman–Crippen MR) is 133 cm³/mol. The molecule has 1 amide bonds. The zero-order chi connectivity index (χ0) is 24.5. The number of nitrogens with one attached hydrogen (secondary N) is 2. The van der Waals surface area contributed by atoms with Crippen LogP contribution in [0.1, 0.15) is 18.4 Å². The molecule has 0 saturated heterocycles. The van der Waals surface area contributed by atoms with Crippen molar-refractivity contribution in [1.82, 2.24) is 5.32 Å². The third-order valence-electron chi connectivity index (χ3n) is 5.00. The number of allylic oxidation sites excluding steroid dienone is 2. The molecule has 0 unspecified atom stereocenters. The molecule has 1 atom stereocenters. The summed E-state index contributed by atoms with van der Waals surface area (Å²) in [4.78, 5) is 25.4. The molecular formula is C25H24ClN3O4S. The number of para-hydroxylation sites is 1. The first-order valence-corrected chi connectivity index (χ1v) is 11.8. The highest BCUT2D eigenvalue weighted by atomic mass is 35.5. The molecule has 3 rings (SSSR count). The molecule has 0 spiro atoms. The number of thioether (sulfide) groups is 1. The van der Waals surface area contributed by atoms with Crippen molar-refractivity contribution in [3.63, 3.8) is 0 Å². The number of methoxy groups -OCH3 is 1. The molecule has 0 saturated carbocycles. The zero-order valence-electron chi connectivity index (χ0n) is 18.8. The Kier molecular flexibility index (Phi) is 9.16. The lowest BCUT2D eigenvalue weighted by Gasteiger charge is -2.29. The maximum atomic E-state index is 13.0. The molecule has 7 nitrogen and oxygen atoms in total. The lowest BCUT2D eigenvalue weighted by molar-refractivity contribution is -0.140. The lowest BCUT2D eigenvalue weighted by Crippen LogP contribution is -2.29. The second-order valence-corrected chi connectivity index (χ2v) is 8.76. The van der Waals surface area contributed by atoms with Gasteiger partial charge in [-0.05, 0) is 36.8 Å². The van der Waals surface area contributed by atoms with E-state index in [1.807, 2.05) is 18.2 Å². The number of nitriles is 1. The normalized spacial score (nSPS) is 15.4. The molecule has 1 aliphatic rings. The number of carbonyl (C=O) groups excluding carboxylic acids is 2. The smallest absolute Gasteiger partial charge is 0.336 e. The van der Waals surface area contributed by atoms with Crippen molar-refractivity contribution in [2.75, 3.05) is 31.4 Å². The van der Waals surface area contributed by atoms with Crippen LogP contribution in [0.5, 0.6) is 0 Å². The lowest BCUT2D eigenvalue weighted by atomic mass is 9.82. The molecule has 0 bridgehead atoms. The Morgan fingerprint density at radius 2 is 1.85 bits per heavy atom. The van der Waals surface area contributed by atoms with E-state index in [-0.39, 0.29) is 24.9 Å². The van der Waals surface area contributed by atoms with Crippen LogP contribution < -0.4 is 10.6 Å². The molecule has 2 N–H and O–H groups in total. The Labute approximate surface area is 207 Å². The number of halogens is 1. The maximum Gasteiger partial charge on any atom is 0.336 e. The summed E-state index contributed by atoms with van der Waals surface area (Å²) < 4.78 is 10.3. The van der Waals surface area contributed by atoms with Crippen LogP contribution in [0.2, 0.25) is 5.02 Å². The number of rotatable bonds is 9.